The van der Waals surface area contributed by atoms with Crippen LogP contribution >= 0.6 is 0 Å². The number of hydrogen-bond acceptors (Lipinski definition) is 4. The lowest BCUT2D eigenvalue weighted by atomic mass is 10.3. The molecule has 1 aliphatic heterocycles. The van der Waals surface area contributed by atoms with Crippen LogP contribution in [0, 0.1) is 0 Å². The van der Waals surface area contributed by atoms with E-state index in [0.717, 1.165) is 30.0 Å². The van der Waals surface area contributed by atoms with E-state index in [1.54, 1.807) is 0 Å². The summed E-state index contributed by atoms with van der Waals surface area (Å²) in [7, 11) is 0. The van der Waals surface area contributed by atoms with E-state index in [1.165, 1.54) is 0 Å². The molecule has 6 heteroatoms. The lowest BCUT2D eigenvalue weighted by molar-refractivity contribution is 0.0783. The van der Waals surface area contributed by atoms with E-state index in [1.807, 2.05) is 32.0 Å². The number of nitrogens with two attached hydrogens (primary N) is 1. The van der Waals surface area contributed by atoms with Gasteiger partial charge in [-0.3, -0.25) is 4.99 Å². The van der Waals surface area contributed by atoms with Gasteiger partial charge < -0.3 is 25.3 Å². The van der Waals surface area contributed by atoms with Crippen molar-refractivity contribution in [2.24, 2.45) is 10.7 Å². The number of anilines is 1. The summed E-state index contributed by atoms with van der Waals surface area (Å²) in [5.41, 5.74) is 6.72. The van der Waals surface area contributed by atoms with Crippen LogP contribution in [-0.2, 0) is 4.74 Å². The van der Waals surface area contributed by atoms with Gasteiger partial charge in [0.25, 0.3) is 0 Å². The first kappa shape index (κ1) is 16.4. The number of aliphatic imine (C=N–C) groups is 1. The van der Waals surface area contributed by atoms with Gasteiger partial charge in [-0.2, -0.15) is 0 Å². The third kappa shape index (κ3) is 5.44. The maximum Gasteiger partial charge on any atom is 0.193 e. The number of nitrogens with one attached hydrogen (secondary N) is 1. The SMILES string of the molecule is CC(C)OCCCN=C(N)Nc1ccc2c(c1)OCCCO2. The first-order chi connectivity index (χ1) is 10.6. The second-order valence-electron chi connectivity index (χ2n) is 5.38. The van der Waals surface area contributed by atoms with E-state index in [-0.39, 0.29) is 6.10 Å². The fourth-order valence-corrected chi connectivity index (χ4v) is 2.01. The second-order valence-corrected chi connectivity index (χ2v) is 5.38. The van der Waals surface area contributed by atoms with Crippen molar-refractivity contribution < 1.29 is 14.2 Å². The predicted molar refractivity (Wildman–Crippen MR) is 87.9 cm³/mol. The van der Waals surface area contributed by atoms with Crippen LogP contribution in [0.1, 0.15) is 26.7 Å². The molecule has 0 fully saturated rings. The molecule has 0 spiro atoms. The molecule has 0 bridgehead atoms. The van der Waals surface area contributed by atoms with Crippen molar-refractivity contribution >= 4 is 11.6 Å². The van der Waals surface area contributed by atoms with Gasteiger partial charge in [0.2, 0.25) is 0 Å². The van der Waals surface area contributed by atoms with E-state index in [2.05, 4.69) is 10.3 Å². The Morgan fingerprint density at radius 3 is 2.86 bits per heavy atom. The molecule has 6 nitrogen and oxygen atoms in total. The summed E-state index contributed by atoms with van der Waals surface area (Å²) in [4.78, 5) is 4.28. The van der Waals surface area contributed by atoms with Crippen molar-refractivity contribution in [1.82, 2.24) is 0 Å². The van der Waals surface area contributed by atoms with Gasteiger partial charge in [0.05, 0.1) is 19.3 Å². The van der Waals surface area contributed by atoms with Crippen molar-refractivity contribution in [3.8, 4) is 11.5 Å². The molecule has 0 aliphatic carbocycles. The third-order valence-electron chi connectivity index (χ3n) is 3.06. The average molecular weight is 307 g/mol. The predicted octanol–water partition coefficient (Wildman–Crippen LogP) is 2.39. The number of guanidine groups is 1. The van der Waals surface area contributed by atoms with Crippen LogP contribution in [0.5, 0.6) is 11.5 Å². The molecular weight excluding hydrogens is 282 g/mol. The highest BCUT2D eigenvalue weighted by Crippen LogP contribution is 2.32. The van der Waals surface area contributed by atoms with Gasteiger partial charge in [-0.15, -0.1) is 0 Å². The molecule has 0 unspecified atom stereocenters. The number of rotatable bonds is 6. The minimum Gasteiger partial charge on any atom is -0.490 e. The van der Waals surface area contributed by atoms with Crippen molar-refractivity contribution in [3.63, 3.8) is 0 Å². The third-order valence-corrected chi connectivity index (χ3v) is 3.06. The summed E-state index contributed by atoms with van der Waals surface area (Å²) in [6.45, 7) is 6.71. The summed E-state index contributed by atoms with van der Waals surface area (Å²) < 4.78 is 16.7. The van der Waals surface area contributed by atoms with Gasteiger partial charge >= 0.3 is 0 Å². The van der Waals surface area contributed by atoms with Gasteiger partial charge in [0.15, 0.2) is 17.5 Å². The molecule has 0 radical (unpaired) electrons. The number of hydrogen-bond donors (Lipinski definition) is 2. The van der Waals surface area contributed by atoms with Gasteiger partial charge in [-0.05, 0) is 32.4 Å². The van der Waals surface area contributed by atoms with E-state index in [9.17, 15) is 0 Å². The van der Waals surface area contributed by atoms with Crippen LogP contribution in [0.15, 0.2) is 23.2 Å². The second kappa shape index (κ2) is 8.48. The molecule has 22 heavy (non-hydrogen) atoms. The number of ether oxygens (including phenoxy) is 3. The molecule has 1 heterocycles. The van der Waals surface area contributed by atoms with Crippen LogP contribution in [0.25, 0.3) is 0 Å². The quantitative estimate of drug-likeness (QED) is 0.479. The Morgan fingerprint density at radius 1 is 1.32 bits per heavy atom. The maximum absolute atomic E-state index is 5.88. The maximum atomic E-state index is 5.88. The van der Waals surface area contributed by atoms with Crippen molar-refractivity contribution in [2.75, 3.05) is 31.7 Å². The molecular formula is C16H25N3O3. The van der Waals surface area contributed by atoms with E-state index in [0.29, 0.717) is 32.3 Å². The normalized spacial score (nSPS) is 14.8. The van der Waals surface area contributed by atoms with E-state index in [4.69, 9.17) is 19.9 Å². The van der Waals surface area contributed by atoms with Gasteiger partial charge in [-0.25, -0.2) is 0 Å². The van der Waals surface area contributed by atoms with Gasteiger partial charge in [-0.1, -0.05) is 0 Å². The number of benzene rings is 1. The Morgan fingerprint density at radius 2 is 2.09 bits per heavy atom. The highest BCUT2D eigenvalue weighted by Gasteiger charge is 2.10. The van der Waals surface area contributed by atoms with Gasteiger partial charge in [0.1, 0.15) is 0 Å². The molecule has 1 aromatic carbocycles. The molecule has 2 rings (SSSR count). The first-order valence-electron chi connectivity index (χ1n) is 7.73. The molecule has 0 saturated heterocycles. The van der Waals surface area contributed by atoms with E-state index >= 15 is 0 Å². The average Bonchev–Trinajstić information content (AvgIpc) is 2.71. The molecule has 122 valence electrons. The van der Waals surface area contributed by atoms with Crippen LogP contribution in [0.4, 0.5) is 5.69 Å². The summed E-state index contributed by atoms with van der Waals surface area (Å²) in [6.07, 6.45) is 1.99. The van der Waals surface area contributed by atoms with Crippen LogP contribution in [0.3, 0.4) is 0 Å². The molecule has 0 aromatic heterocycles. The number of nitrogens with zero attached hydrogens (tertiary/aromatic N) is 1. The van der Waals surface area contributed by atoms with Crippen LogP contribution in [-0.4, -0.2) is 38.4 Å². The van der Waals surface area contributed by atoms with Crippen molar-refractivity contribution in [2.45, 2.75) is 32.8 Å². The molecule has 0 amide bonds. The zero-order valence-corrected chi connectivity index (χ0v) is 13.3. The van der Waals surface area contributed by atoms with Crippen LogP contribution < -0.4 is 20.5 Å². The zero-order valence-electron chi connectivity index (χ0n) is 13.3. The molecule has 0 atom stereocenters. The lowest BCUT2D eigenvalue weighted by Crippen LogP contribution is -2.23. The molecule has 0 saturated carbocycles. The molecule has 3 N–H and O–H groups in total. The Kier molecular flexibility index (Phi) is 6.33. The fraction of sp³-hybridized carbons (Fsp3) is 0.562. The first-order valence-corrected chi connectivity index (χ1v) is 7.73. The zero-order chi connectivity index (χ0) is 15.8. The summed E-state index contributed by atoms with van der Waals surface area (Å²) >= 11 is 0. The Labute approximate surface area is 131 Å². The molecule has 1 aliphatic rings. The largest absolute Gasteiger partial charge is 0.490 e. The van der Waals surface area contributed by atoms with Crippen LogP contribution in [0.2, 0.25) is 0 Å². The Bertz CT molecular complexity index is 503. The fourth-order valence-electron chi connectivity index (χ4n) is 2.01. The lowest BCUT2D eigenvalue weighted by Gasteiger charge is -2.11. The minimum absolute atomic E-state index is 0.251. The van der Waals surface area contributed by atoms with E-state index < -0.39 is 0 Å². The summed E-state index contributed by atoms with van der Waals surface area (Å²) in [6, 6.07) is 5.66. The monoisotopic (exact) mass is 307 g/mol. The highest BCUT2D eigenvalue weighted by molar-refractivity contribution is 5.92. The topological polar surface area (TPSA) is 78.1 Å². The standard InChI is InChI=1S/C16H25N3O3/c1-12(2)20-8-3-7-18-16(17)19-13-5-6-14-15(11-13)22-10-4-9-21-14/h5-6,11-12H,3-4,7-10H2,1-2H3,(H3,17,18,19). The Balaban J connectivity index is 1.83. The minimum atomic E-state index is 0.251. The van der Waals surface area contributed by atoms with Crippen molar-refractivity contribution in [3.05, 3.63) is 18.2 Å². The Hall–Kier alpha value is -1.95. The highest BCUT2D eigenvalue weighted by atomic mass is 16.5. The number of fused-ring (bicyclic) bond motifs is 1. The van der Waals surface area contributed by atoms with Crippen molar-refractivity contribution in [1.29, 1.82) is 0 Å². The molecule has 1 aromatic rings. The van der Waals surface area contributed by atoms with Gasteiger partial charge in [0, 0.05) is 31.3 Å². The smallest absolute Gasteiger partial charge is 0.193 e. The summed E-state index contributed by atoms with van der Waals surface area (Å²) in [5.74, 6) is 1.89. The summed E-state index contributed by atoms with van der Waals surface area (Å²) in [5, 5.41) is 3.06.